The summed E-state index contributed by atoms with van der Waals surface area (Å²) in [5.74, 6) is 0. The van der Waals surface area contributed by atoms with E-state index in [0.29, 0.717) is 0 Å². The van der Waals surface area contributed by atoms with E-state index in [-0.39, 0.29) is 0 Å². The van der Waals surface area contributed by atoms with Gasteiger partial charge < -0.3 is 4.74 Å². The molecule has 0 saturated heterocycles. The highest BCUT2D eigenvalue weighted by Gasteiger charge is 2.18. The molecule has 50 valence electrons. The summed E-state index contributed by atoms with van der Waals surface area (Å²) in [6.07, 6.45) is -6.05. The smallest absolute Gasteiger partial charge is 0.293 e. The lowest BCUT2D eigenvalue weighted by atomic mass is 10.7. The normalized spacial score (nSPS) is 14.6. The molecule has 0 rings (SSSR count). The van der Waals surface area contributed by atoms with E-state index < -0.39 is 19.6 Å². The average molecular weight is 132 g/mol. The highest BCUT2D eigenvalue weighted by Crippen LogP contribution is 2.05. The Morgan fingerprint density at radius 2 is 1.75 bits per heavy atom. The van der Waals surface area contributed by atoms with Crippen LogP contribution in [0.25, 0.3) is 0 Å². The summed E-state index contributed by atoms with van der Waals surface area (Å²) in [4.78, 5) is 0. The summed E-state index contributed by atoms with van der Waals surface area (Å²) in [5.41, 5.74) is 0. The van der Waals surface area contributed by atoms with Crippen molar-refractivity contribution in [1.82, 2.24) is 0 Å². The standard InChI is InChI=1S/C3H4F4O/c4-1-8-3(7)2(5)6/h2-3H,1H2. The molecule has 0 heterocycles. The van der Waals surface area contributed by atoms with E-state index in [0.717, 1.165) is 0 Å². The van der Waals surface area contributed by atoms with Gasteiger partial charge in [0.15, 0.2) is 6.86 Å². The summed E-state index contributed by atoms with van der Waals surface area (Å²) < 4.78 is 47.2. The molecule has 5 heteroatoms. The minimum atomic E-state index is -3.26. The lowest BCUT2D eigenvalue weighted by molar-refractivity contribution is -0.150. The van der Waals surface area contributed by atoms with Crippen molar-refractivity contribution < 1.29 is 22.3 Å². The summed E-state index contributed by atoms with van der Waals surface area (Å²) in [6, 6.07) is 0. The van der Waals surface area contributed by atoms with Crippen molar-refractivity contribution in [3.8, 4) is 0 Å². The Morgan fingerprint density at radius 3 is 1.88 bits per heavy atom. The molecule has 0 aromatic heterocycles. The van der Waals surface area contributed by atoms with Gasteiger partial charge in [0.25, 0.3) is 12.8 Å². The van der Waals surface area contributed by atoms with Crippen molar-refractivity contribution in [3.05, 3.63) is 0 Å². The molecule has 0 radical (unpaired) electrons. The van der Waals surface area contributed by atoms with Crippen LogP contribution in [0, 0.1) is 0 Å². The zero-order chi connectivity index (χ0) is 6.57. The van der Waals surface area contributed by atoms with Crippen LogP contribution >= 0.6 is 0 Å². The number of rotatable bonds is 3. The minimum Gasteiger partial charge on any atom is -0.312 e. The lowest BCUT2D eigenvalue weighted by Crippen LogP contribution is -2.15. The first-order chi connectivity index (χ1) is 3.68. The van der Waals surface area contributed by atoms with Gasteiger partial charge in [-0.05, 0) is 0 Å². The molecule has 0 amide bonds. The van der Waals surface area contributed by atoms with Crippen LogP contribution in [0.1, 0.15) is 0 Å². The van der Waals surface area contributed by atoms with Crippen molar-refractivity contribution >= 4 is 0 Å². The van der Waals surface area contributed by atoms with Gasteiger partial charge in [0, 0.05) is 0 Å². The van der Waals surface area contributed by atoms with Crippen molar-refractivity contribution in [2.75, 3.05) is 6.86 Å². The molecule has 0 spiro atoms. The maximum absolute atomic E-state index is 11.3. The summed E-state index contributed by atoms with van der Waals surface area (Å²) in [5, 5.41) is 0. The van der Waals surface area contributed by atoms with Crippen LogP contribution < -0.4 is 0 Å². The second kappa shape index (κ2) is 3.65. The van der Waals surface area contributed by atoms with Gasteiger partial charge in [-0.25, -0.2) is 17.6 Å². The summed E-state index contributed by atoms with van der Waals surface area (Å²) >= 11 is 0. The molecule has 0 aliphatic carbocycles. The van der Waals surface area contributed by atoms with Crippen LogP contribution in [0.2, 0.25) is 0 Å². The van der Waals surface area contributed by atoms with Crippen molar-refractivity contribution in [3.63, 3.8) is 0 Å². The van der Waals surface area contributed by atoms with Crippen LogP contribution in [-0.4, -0.2) is 19.6 Å². The Balaban J connectivity index is 3.17. The van der Waals surface area contributed by atoms with E-state index in [9.17, 15) is 17.6 Å². The fraction of sp³-hybridized carbons (Fsp3) is 1.00. The average Bonchev–Trinajstić information content (AvgIpc) is 1.67. The van der Waals surface area contributed by atoms with Gasteiger partial charge in [-0.2, -0.15) is 0 Å². The molecule has 8 heavy (non-hydrogen) atoms. The maximum atomic E-state index is 11.3. The van der Waals surface area contributed by atoms with Crippen LogP contribution in [0.3, 0.4) is 0 Å². The molecule has 0 aromatic rings. The Hall–Kier alpha value is -0.320. The third-order valence-electron chi connectivity index (χ3n) is 0.420. The lowest BCUT2D eigenvalue weighted by Gasteiger charge is -2.02. The first-order valence-corrected chi connectivity index (χ1v) is 1.78. The Bertz CT molecular complexity index is 57.2. The molecule has 0 fully saturated rings. The molecule has 0 aromatic carbocycles. The molecule has 1 atom stereocenters. The van der Waals surface area contributed by atoms with E-state index in [1.807, 2.05) is 0 Å². The van der Waals surface area contributed by atoms with Gasteiger partial charge in [-0.15, -0.1) is 0 Å². The van der Waals surface area contributed by atoms with E-state index in [4.69, 9.17) is 0 Å². The fourth-order valence-corrected chi connectivity index (χ4v) is 0.133. The van der Waals surface area contributed by atoms with Crippen molar-refractivity contribution in [2.24, 2.45) is 0 Å². The molecular formula is C3H4F4O. The molecule has 0 saturated carbocycles. The maximum Gasteiger partial charge on any atom is 0.293 e. The number of hydrogen-bond donors (Lipinski definition) is 0. The van der Waals surface area contributed by atoms with Crippen LogP contribution in [-0.2, 0) is 4.74 Å². The van der Waals surface area contributed by atoms with Gasteiger partial charge in [0.2, 0.25) is 0 Å². The molecule has 1 nitrogen and oxygen atoms in total. The van der Waals surface area contributed by atoms with E-state index >= 15 is 0 Å². The summed E-state index contributed by atoms with van der Waals surface area (Å²) in [6.45, 7) is -1.52. The predicted molar refractivity (Wildman–Crippen MR) is 18.0 cm³/mol. The molecule has 0 aliphatic rings. The number of halogens is 4. The fourth-order valence-electron chi connectivity index (χ4n) is 0.133. The number of alkyl halides is 4. The topological polar surface area (TPSA) is 9.23 Å². The van der Waals surface area contributed by atoms with Crippen molar-refractivity contribution in [2.45, 2.75) is 12.8 Å². The minimum absolute atomic E-state index is 1.52. The highest BCUT2D eigenvalue weighted by molar-refractivity contribution is 4.39. The third kappa shape index (κ3) is 2.79. The van der Waals surface area contributed by atoms with Crippen LogP contribution in [0.5, 0.6) is 0 Å². The third-order valence-corrected chi connectivity index (χ3v) is 0.420. The van der Waals surface area contributed by atoms with E-state index in [2.05, 4.69) is 4.74 Å². The monoisotopic (exact) mass is 132 g/mol. The van der Waals surface area contributed by atoms with Gasteiger partial charge >= 0.3 is 0 Å². The first kappa shape index (κ1) is 7.68. The molecule has 1 unspecified atom stereocenters. The van der Waals surface area contributed by atoms with Gasteiger partial charge in [0.1, 0.15) is 0 Å². The predicted octanol–water partition coefficient (Wildman–Crippen LogP) is 1.49. The SMILES string of the molecule is FCOC(F)C(F)F. The van der Waals surface area contributed by atoms with Gasteiger partial charge in [-0.3, -0.25) is 0 Å². The Labute approximate surface area is 43.2 Å². The first-order valence-electron chi connectivity index (χ1n) is 1.78. The Morgan fingerprint density at radius 1 is 1.25 bits per heavy atom. The zero-order valence-corrected chi connectivity index (χ0v) is 3.78. The second-order valence-corrected chi connectivity index (χ2v) is 0.961. The molecule has 0 aliphatic heterocycles. The largest absolute Gasteiger partial charge is 0.312 e. The Kier molecular flexibility index (Phi) is 3.51. The zero-order valence-electron chi connectivity index (χ0n) is 3.78. The summed E-state index contributed by atoms with van der Waals surface area (Å²) in [7, 11) is 0. The highest BCUT2D eigenvalue weighted by atomic mass is 19.3. The molecule has 0 bridgehead atoms. The molecule has 0 N–H and O–H groups in total. The van der Waals surface area contributed by atoms with E-state index in [1.165, 1.54) is 0 Å². The second-order valence-electron chi connectivity index (χ2n) is 0.961. The van der Waals surface area contributed by atoms with E-state index in [1.54, 1.807) is 0 Å². The van der Waals surface area contributed by atoms with Crippen LogP contribution in [0.15, 0.2) is 0 Å². The van der Waals surface area contributed by atoms with Crippen molar-refractivity contribution in [1.29, 1.82) is 0 Å². The van der Waals surface area contributed by atoms with Gasteiger partial charge in [0.05, 0.1) is 0 Å². The number of ether oxygens (including phenoxy) is 1. The van der Waals surface area contributed by atoms with Gasteiger partial charge in [-0.1, -0.05) is 0 Å². The van der Waals surface area contributed by atoms with Crippen LogP contribution in [0.4, 0.5) is 17.6 Å². The quantitative estimate of drug-likeness (QED) is 0.528. The number of hydrogen-bond acceptors (Lipinski definition) is 1. The molecular weight excluding hydrogens is 128 g/mol.